The molecule has 0 N–H and O–H groups in total. The van der Waals surface area contributed by atoms with Crippen molar-refractivity contribution in [3.8, 4) is 17.2 Å². The number of hydrogen-bond donors (Lipinski definition) is 0. The molecule has 1 aliphatic rings. The Morgan fingerprint density at radius 3 is 2.27 bits per heavy atom. The summed E-state index contributed by atoms with van der Waals surface area (Å²) in [5.74, 6) is 2.49. The van der Waals surface area contributed by atoms with E-state index in [-0.39, 0.29) is 11.9 Å². The van der Waals surface area contributed by atoms with Crippen LogP contribution in [0.15, 0.2) is 41.4 Å². The molecular weight excluding hydrogens is 424 g/mol. The molecule has 0 unspecified atom stereocenters. The third kappa shape index (κ3) is 5.02. The second-order valence-corrected chi connectivity index (χ2v) is 8.23. The lowest BCUT2D eigenvalue weighted by Gasteiger charge is -2.22. The normalized spacial score (nSPS) is 15.5. The topological polar surface area (TPSA) is 60.4 Å². The number of anilines is 1. The van der Waals surface area contributed by atoms with Crippen molar-refractivity contribution < 1.29 is 19.0 Å². The van der Waals surface area contributed by atoms with Crippen LogP contribution in [0.3, 0.4) is 0 Å². The van der Waals surface area contributed by atoms with Gasteiger partial charge in [-0.15, -0.1) is 0 Å². The van der Waals surface area contributed by atoms with E-state index in [0.717, 1.165) is 22.2 Å². The van der Waals surface area contributed by atoms with Gasteiger partial charge in [0.1, 0.15) is 0 Å². The van der Waals surface area contributed by atoms with Gasteiger partial charge in [0, 0.05) is 17.2 Å². The van der Waals surface area contributed by atoms with Gasteiger partial charge in [0.2, 0.25) is 11.7 Å². The monoisotopic (exact) mass is 448 g/mol. The first-order chi connectivity index (χ1) is 14.5. The maximum atomic E-state index is 13.2. The third-order valence-corrected chi connectivity index (χ3v) is 6.11. The molecule has 160 valence electrons. The van der Waals surface area contributed by atoms with Gasteiger partial charge in [0.25, 0.3) is 0 Å². The molecule has 0 saturated carbocycles. The van der Waals surface area contributed by atoms with E-state index in [9.17, 15) is 4.79 Å². The van der Waals surface area contributed by atoms with Crippen molar-refractivity contribution in [2.24, 2.45) is 4.99 Å². The maximum Gasteiger partial charge on any atom is 0.233 e. The molecule has 0 aliphatic carbocycles. The van der Waals surface area contributed by atoms with Crippen molar-refractivity contribution in [3.63, 3.8) is 0 Å². The molecule has 0 fully saturated rings. The molecule has 8 heteroatoms. The minimum Gasteiger partial charge on any atom is -0.493 e. The zero-order valence-electron chi connectivity index (χ0n) is 17.5. The van der Waals surface area contributed by atoms with Crippen molar-refractivity contribution in [2.75, 3.05) is 32.0 Å². The lowest BCUT2D eigenvalue weighted by atomic mass is 10.1. The summed E-state index contributed by atoms with van der Waals surface area (Å²) in [7, 11) is 4.71. The van der Waals surface area contributed by atoms with E-state index < -0.39 is 0 Å². The lowest BCUT2D eigenvalue weighted by molar-refractivity contribution is -0.117. The predicted molar refractivity (Wildman–Crippen MR) is 123 cm³/mol. The first kappa shape index (κ1) is 22.3. The molecule has 2 aromatic rings. The summed E-state index contributed by atoms with van der Waals surface area (Å²) in [4.78, 5) is 19.6. The minimum absolute atomic E-state index is 0.0357. The lowest BCUT2D eigenvalue weighted by Crippen LogP contribution is -2.34. The minimum atomic E-state index is -0.0357. The van der Waals surface area contributed by atoms with Gasteiger partial charge in [-0.2, -0.15) is 0 Å². The standard InChI is InChI=1S/C22H25ClN2O4S/c1-14-13-30-22(24-14)25(17-8-6-16(23)7-9-17)20(26)10-5-15-11-18(27-2)21(29-4)19(12-15)28-3/h6-9,11-12,14H,5,10,13H2,1-4H3/t14-/m0/s1. The number of amidine groups is 1. The van der Waals surface area contributed by atoms with Crippen LogP contribution in [0.4, 0.5) is 5.69 Å². The van der Waals surface area contributed by atoms with E-state index >= 15 is 0 Å². The number of aryl methyl sites for hydroxylation is 1. The summed E-state index contributed by atoms with van der Waals surface area (Å²) in [5.41, 5.74) is 1.68. The fourth-order valence-electron chi connectivity index (χ4n) is 3.17. The van der Waals surface area contributed by atoms with Crippen molar-refractivity contribution in [1.29, 1.82) is 0 Å². The zero-order chi connectivity index (χ0) is 21.7. The molecule has 30 heavy (non-hydrogen) atoms. The zero-order valence-corrected chi connectivity index (χ0v) is 19.0. The van der Waals surface area contributed by atoms with Crippen LogP contribution in [-0.2, 0) is 11.2 Å². The van der Waals surface area contributed by atoms with E-state index in [1.807, 2.05) is 31.2 Å². The van der Waals surface area contributed by atoms with E-state index in [1.54, 1.807) is 50.1 Å². The quantitative estimate of drug-likeness (QED) is 0.607. The molecule has 6 nitrogen and oxygen atoms in total. The van der Waals surface area contributed by atoms with Crippen molar-refractivity contribution >= 4 is 40.1 Å². The van der Waals surface area contributed by atoms with Crippen molar-refractivity contribution in [3.05, 3.63) is 47.0 Å². The molecule has 1 atom stereocenters. The summed E-state index contributed by atoms with van der Waals surface area (Å²) in [6.45, 7) is 2.04. The van der Waals surface area contributed by atoms with Crippen molar-refractivity contribution in [1.82, 2.24) is 0 Å². The third-order valence-electron chi connectivity index (χ3n) is 4.66. The van der Waals surface area contributed by atoms with Crippen LogP contribution in [0.5, 0.6) is 17.2 Å². The highest BCUT2D eigenvalue weighted by Gasteiger charge is 2.26. The molecule has 0 spiro atoms. The summed E-state index contributed by atoms with van der Waals surface area (Å²) >= 11 is 7.62. The summed E-state index contributed by atoms with van der Waals surface area (Å²) in [6, 6.07) is 11.1. The Balaban J connectivity index is 1.83. The van der Waals surface area contributed by atoms with Gasteiger partial charge < -0.3 is 14.2 Å². The van der Waals surface area contributed by atoms with Crippen LogP contribution in [0.1, 0.15) is 18.9 Å². The molecule has 1 aliphatic heterocycles. The van der Waals surface area contributed by atoms with Gasteiger partial charge in [-0.05, 0) is 55.3 Å². The largest absolute Gasteiger partial charge is 0.493 e. The number of hydrogen-bond acceptors (Lipinski definition) is 6. The fourth-order valence-corrected chi connectivity index (χ4v) is 4.36. The van der Waals surface area contributed by atoms with E-state index in [0.29, 0.717) is 35.1 Å². The summed E-state index contributed by atoms with van der Waals surface area (Å²) in [6.07, 6.45) is 0.822. The molecular formula is C22H25ClN2O4S. The fraction of sp³-hybridized carbons (Fsp3) is 0.364. The molecule has 0 aromatic heterocycles. The molecule has 0 saturated heterocycles. The Labute approximate surface area is 186 Å². The first-order valence-corrected chi connectivity index (χ1v) is 10.9. The number of nitrogens with zero attached hydrogens (tertiary/aromatic N) is 2. The van der Waals surface area contributed by atoms with Gasteiger partial charge in [0.05, 0.1) is 33.1 Å². The van der Waals surface area contributed by atoms with Crippen molar-refractivity contribution in [2.45, 2.75) is 25.8 Å². The smallest absolute Gasteiger partial charge is 0.233 e. The number of aliphatic imine (C=N–C) groups is 1. The Morgan fingerprint density at radius 1 is 1.13 bits per heavy atom. The van der Waals surface area contributed by atoms with Crippen LogP contribution in [-0.4, -0.2) is 44.2 Å². The van der Waals surface area contributed by atoms with E-state index in [4.69, 9.17) is 25.8 Å². The average molecular weight is 449 g/mol. The Hall–Kier alpha value is -2.38. The predicted octanol–water partition coefficient (Wildman–Crippen LogP) is 4.82. The number of thioether (sulfide) groups is 1. The van der Waals surface area contributed by atoms with Crippen LogP contribution in [0.2, 0.25) is 5.02 Å². The van der Waals surface area contributed by atoms with Crippen LogP contribution >= 0.6 is 23.4 Å². The highest BCUT2D eigenvalue weighted by atomic mass is 35.5. The Morgan fingerprint density at radius 2 is 1.77 bits per heavy atom. The molecule has 0 bridgehead atoms. The molecule has 1 heterocycles. The summed E-state index contributed by atoms with van der Waals surface area (Å²) < 4.78 is 16.2. The number of ether oxygens (including phenoxy) is 3. The molecule has 2 aromatic carbocycles. The van der Waals surface area contributed by atoms with Gasteiger partial charge in [-0.3, -0.25) is 14.7 Å². The van der Waals surface area contributed by atoms with Gasteiger partial charge in [-0.1, -0.05) is 23.4 Å². The number of methoxy groups -OCH3 is 3. The van der Waals surface area contributed by atoms with Gasteiger partial charge in [-0.25, -0.2) is 0 Å². The Kier molecular flexibility index (Phi) is 7.50. The second-order valence-electron chi connectivity index (χ2n) is 6.81. The average Bonchev–Trinajstić information content (AvgIpc) is 3.18. The van der Waals surface area contributed by atoms with E-state index in [1.165, 1.54) is 0 Å². The summed E-state index contributed by atoms with van der Waals surface area (Å²) in [5, 5.41) is 1.35. The van der Waals surface area contributed by atoms with Crippen LogP contribution < -0.4 is 19.1 Å². The van der Waals surface area contributed by atoms with Gasteiger partial charge in [0.15, 0.2) is 16.7 Å². The number of rotatable bonds is 7. The second kappa shape index (κ2) is 10.1. The van der Waals surface area contributed by atoms with Gasteiger partial charge >= 0.3 is 0 Å². The SMILES string of the molecule is COc1cc(CCC(=O)N(C2=N[C@@H](C)CS2)c2ccc(Cl)cc2)cc(OC)c1OC. The molecule has 1 amide bonds. The van der Waals surface area contributed by atoms with Crippen LogP contribution in [0, 0.1) is 0 Å². The molecule has 3 rings (SSSR count). The highest BCUT2D eigenvalue weighted by Crippen LogP contribution is 2.38. The number of carbonyl (C=O) groups excluding carboxylic acids is 1. The molecule has 0 radical (unpaired) electrons. The first-order valence-electron chi connectivity index (χ1n) is 9.54. The number of amides is 1. The maximum absolute atomic E-state index is 13.2. The number of benzene rings is 2. The van der Waals surface area contributed by atoms with E-state index in [2.05, 4.69) is 4.99 Å². The Bertz CT molecular complexity index is 908. The van der Waals surface area contributed by atoms with Crippen LogP contribution in [0.25, 0.3) is 0 Å². The highest BCUT2D eigenvalue weighted by molar-refractivity contribution is 8.14. The number of carbonyl (C=O) groups is 1. The number of halogens is 1.